The lowest BCUT2D eigenvalue weighted by molar-refractivity contribution is 0.414. The maximum Gasteiger partial charge on any atom is 0.118 e. The monoisotopic (exact) mass is 354 g/mol. The van der Waals surface area contributed by atoms with E-state index >= 15 is 0 Å². The van der Waals surface area contributed by atoms with Crippen LogP contribution in [0.3, 0.4) is 0 Å². The molecule has 3 nitrogen and oxygen atoms in total. The van der Waals surface area contributed by atoms with Crippen LogP contribution in [-0.4, -0.2) is 16.7 Å². The lowest BCUT2D eigenvalue weighted by Crippen LogP contribution is -2.03. The second-order valence-corrected chi connectivity index (χ2v) is 6.47. The standard InChI is InChI=1S/C24H22N2O/c1-27-21-15-13-20(14-16-21)18-24-25-22-11-5-6-12-23(22)26(24)17-7-10-19-8-3-2-4-9-19/h2-16H,17-18H2,1H3/b10-7+. The van der Waals surface area contributed by atoms with Crippen molar-refractivity contribution >= 4 is 17.1 Å². The van der Waals surface area contributed by atoms with Gasteiger partial charge in [-0.1, -0.05) is 66.7 Å². The number of fused-ring (bicyclic) bond motifs is 1. The number of methoxy groups -OCH3 is 1. The largest absolute Gasteiger partial charge is 0.497 e. The van der Waals surface area contributed by atoms with Crippen molar-refractivity contribution in [3.63, 3.8) is 0 Å². The predicted molar refractivity (Wildman–Crippen MR) is 111 cm³/mol. The highest BCUT2D eigenvalue weighted by molar-refractivity contribution is 5.76. The first kappa shape index (κ1) is 17.1. The van der Waals surface area contributed by atoms with Crippen LogP contribution in [0.2, 0.25) is 0 Å². The summed E-state index contributed by atoms with van der Waals surface area (Å²) >= 11 is 0. The smallest absolute Gasteiger partial charge is 0.118 e. The van der Waals surface area contributed by atoms with Gasteiger partial charge in [0.05, 0.1) is 18.1 Å². The van der Waals surface area contributed by atoms with Crippen LogP contribution in [0.5, 0.6) is 5.75 Å². The SMILES string of the molecule is COc1ccc(Cc2nc3ccccc3n2C/C=C/c2ccccc2)cc1. The molecule has 0 aliphatic heterocycles. The van der Waals surface area contributed by atoms with Gasteiger partial charge in [0.15, 0.2) is 0 Å². The molecule has 0 amide bonds. The number of allylic oxidation sites excluding steroid dienone is 1. The Hall–Kier alpha value is -3.33. The normalized spacial score (nSPS) is 11.3. The Morgan fingerprint density at radius 2 is 1.63 bits per heavy atom. The molecule has 0 N–H and O–H groups in total. The number of imidazole rings is 1. The van der Waals surface area contributed by atoms with E-state index in [2.05, 4.69) is 71.3 Å². The number of hydrogen-bond donors (Lipinski definition) is 0. The van der Waals surface area contributed by atoms with Gasteiger partial charge in [-0.05, 0) is 35.4 Å². The maximum absolute atomic E-state index is 5.26. The van der Waals surface area contributed by atoms with Crippen molar-refractivity contribution in [1.29, 1.82) is 0 Å². The Kier molecular flexibility index (Phi) is 5.01. The summed E-state index contributed by atoms with van der Waals surface area (Å²) < 4.78 is 7.55. The Morgan fingerprint density at radius 3 is 2.41 bits per heavy atom. The van der Waals surface area contributed by atoms with Crippen LogP contribution in [0.15, 0.2) is 84.9 Å². The van der Waals surface area contributed by atoms with Crippen molar-refractivity contribution in [2.45, 2.75) is 13.0 Å². The van der Waals surface area contributed by atoms with Gasteiger partial charge in [-0.25, -0.2) is 4.98 Å². The average Bonchev–Trinajstić information content (AvgIpc) is 3.07. The molecule has 0 bridgehead atoms. The van der Waals surface area contributed by atoms with E-state index in [1.165, 1.54) is 16.6 Å². The molecule has 0 spiro atoms. The third-order valence-corrected chi connectivity index (χ3v) is 4.65. The maximum atomic E-state index is 5.26. The molecule has 0 aliphatic carbocycles. The molecule has 3 heteroatoms. The summed E-state index contributed by atoms with van der Waals surface area (Å²) in [6.07, 6.45) is 5.14. The van der Waals surface area contributed by atoms with E-state index in [9.17, 15) is 0 Å². The fraction of sp³-hybridized carbons (Fsp3) is 0.125. The van der Waals surface area contributed by atoms with Gasteiger partial charge in [-0.15, -0.1) is 0 Å². The molecule has 0 saturated heterocycles. The lowest BCUT2D eigenvalue weighted by Gasteiger charge is -2.08. The Balaban J connectivity index is 1.63. The fourth-order valence-corrected chi connectivity index (χ4v) is 3.25. The summed E-state index contributed by atoms with van der Waals surface area (Å²) in [5.74, 6) is 1.94. The van der Waals surface area contributed by atoms with Gasteiger partial charge in [0.25, 0.3) is 0 Å². The minimum atomic E-state index is 0.790. The Bertz CT molecular complexity index is 1050. The van der Waals surface area contributed by atoms with Crippen molar-refractivity contribution < 1.29 is 4.74 Å². The highest BCUT2D eigenvalue weighted by atomic mass is 16.5. The van der Waals surface area contributed by atoms with Crippen LogP contribution in [0, 0.1) is 0 Å². The van der Waals surface area contributed by atoms with E-state index in [1.807, 2.05) is 24.3 Å². The Morgan fingerprint density at radius 1 is 0.889 bits per heavy atom. The van der Waals surface area contributed by atoms with Crippen LogP contribution >= 0.6 is 0 Å². The molecule has 4 aromatic rings. The third-order valence-electron chi connectivity index (χ3n) is 4.65. The lowest BCUT2D eigenvalue weighted by atomic mass is 10.1. The van der Waals surface area contributed by atoms with Crippen molar-refractivity contribution in [1.82, 2.24) is 9.55 Å². The van der Waals surface area contributed by atoms with Gasteiger partial charge >= 0.3 is 0 Å². The van der Waals surface area contributed by atoms with E-state index in [0.29, 0.717) is 0 Å². The van der Waals surface area contributed by atoms with Crippen LogP contribution in [0.1, 0.15) is 17.0 Å². The van der Waals surface area contributed by atoms with Gasteiger partial charge in [0.1, 0.15) is 11.6 Å². The van der Waals surface area contributed by atoms with Crippen molar-refractivity contribution in [3.05, 3.63) is 102 Å². The number of rotatable bonds is 6. The molecule has 0 fully saturated rings. The van der Waals surface area contributed by atoms with Gasteiger partial charge in [-0.2, -0.15) is 0 Å². The summed E-state index contributed by atoms with van der Waals surface area (Å²) in [5.41, 5.74) is 4.63. The minimum absolute atomic E-state index is 0.790. The summed E-state index contributed by atoms with van der Waals surface area (Å²) in [7, 11) is 1.69. The van der Waals surface area contributed by atoms with Crippen LogP contribution in [0.4, 0.5) is 0 Å². The van der Waals surface area contributed by atoms with Gasteiger partial charge in [0, 0.05) is 13.0 Å². The highest BCUT2D eigenvalue weighted by Crippen LogP contribution is 2.20. The number of ether oxygens (including phenoxy) is 1. The molecule has 0 radical (unpaired) electrons. The molecular formula is C24H22N2O. The molecular weight excluding hydrogens is 332 g/mol. The molecule has 134 valence electrons. The molecule has 1 aromatic heterocycles. The summed E-state index contributed by atoms with van der Waals surface area (Å²) in [5, 5.41) is 0. The quantitative estimate of drug-likeness (QED) is 0.467. The molecule has 27 heavy (non-hydrogen) atoms. The topological polar surface area (TPSA) is 27.1 Å². The number of benzene rings is 3. The summed E-state index contributed by atoms with van der Waals surface area (Å²) in [4.78, 5) is 4.87. The predicted octanol–water partition coefficient (Wildman–Crippen LogP) is 5.35. The number of hydrogen-bond acceptors (Lipinski definition) is 2. The average molecular weight is 354 g/mol. The molecule has 0 saturated carbocycles. The van der Waals surface area contributed by atoms with E-state index in [4.69, 9.17) is 9.72 Å². The summed E-state index contributed by atoms with van der Waals surface area (Å²) in [6, 6.07) is 26.9. The van der Waals surface area contributed by atoms with Crippen LogP contribution < -0.4 is 4.74 Å². The number of aromatic nitrogens is 2. The molecule has 0 aliphatic rings. The zero-order valence-corrected chi connectivity index (χ0v) is 15.4. The number of para-hydroxylation sites is 2. The molecule has 0 unspecified atom stereocenters. The molecule has 1 heterocycles. The summed E-state index contributed by atoms with van der Waals surface area (Å²) in [6.45, 7) is 0.793. The van der Waals surface area contributed by atoms with Crippen LogP contribution in [0.25, 0.3) is 17.1 Å². The Labute approximate surface area is 159 Å². The first-order valence-electron chi connectivity index (χ1n) is 9.12. The second-order valence-electron chi connectivity index (χ2n) is 6.47. The number of nitrogens with zero attached hydrogens (tertiary/aromatic N) is 2. The first-order valence-corrected chi connectivity index (χ1v) is 9.12. The van der Waals surface area contributed by atoms with E-state index in [0.717, 1.165) is 30.1 Å². The zero-order chi connectivity index (χ0) is 18.5. The second kappa shape index (κ2) is 7.92. The van der Waals surface area contributed by atoms with Gasteiger partial charge in [0.2, 0.25) is 0 Å². The fourth-order valence-electron chi connectivity index (χ4n) is 3.25. The van der Waals surface area contributed by atoms with Crippen molar-refractivity contribution in [3.8, 4) is 5.75 Å². The first-order chi connectivity index (χ1) is 13.3. The van der Waals surface area contributed by atoms with Gasteiger partial charge in [-0.3, -0.25) is 0 Å². The molecule has 4 rings (SSSR count). The van der Waals surface area contributed by atoms with Crippen molar-refractivity contribution in [2.75, 3.05) is 7.11 Å². The zero-order valence-electron chi connectivity index (χ0n) is 15.4. The van der Waals surface area contributed by atoms with E-state index in [-0.39, 0.29) is 0 Å². The molecule has 0 atom stereocenters. The van der Waals surface area contributed by atoms with E-state index in [1.54, 1.807) is 7.11 Å². The third kappa shape index (κ3) is 3.93. The molecule has 3 aromatic carbocycles. The minimum Gasteiger partial charge on any atom is -0.497 e. The van der Waals surface area contributed by atoms with Crippen LogP contribution in [-0.2, 0) is 13.0 Å². The van der Waals surface area contributed by atoms with E-state index < -0.39 is 0 Å². The van der Waals surface area contributed by atoms with Gasteiger partial charge < -0.3 is 9.30 Å². The highest BCUT2D eigenvalue weighted by Gasteiger charge is 2.10. The van der Waals surface area contributed by atoms with Crippen molar-refractivity contribution in [2.24, 2.45) is 0 Å².